The standard InChI is InChI=1S/C12H12N2O4S2/c1-5-4-7(11(16)18-3)10(19-5)14-9(15)8-6(2)13-12(17)20-8/h4H,1-3H3,(H,13,17)(H,14,15). The number of aryl methyl sites for hydroxylation is 2. The summed E-state index contributed by atoms with van der Waals surface area (Å²) in [5.74, 6) is -0.929. The van der Waals surface area contributed by atoms with Crippen molar-refractivity contribution >= 4 is 39.6 Å². The molecule has 8 heteroatoms. The number of carbonyl (C=O) groups is 2. The predicted molar refractivity (Wildman–Crippen MR) is 78.0 cm³/mol. The van der Waals surface area contributed by atoms with Crippen molar-refractivity contribution in [3.63, 3.8) is 0 Å². The molecule has 0 saturated carbocycles. The molecule has 0 saturated heterocycles. The Balaban J connectivity index is 2.30. The van der Waals surface area contributed by atoms with Gasteiger partial charge in [0.15, 0.2) is 0 Å². The van der Waals surface area contributed by atoms with Crippen LogP contribution in [0.3, 0.4) is 0 Å². The third-order valence-corrected chi connectivity index (χ3v) is 4.47. The number of ether oxygens (including phenoxy) is 1. The van der Waals surface area contributed by atoms with Crippen LogP contribution < -0.4 is 10.2 Å². The molecule has 0 unspecified atom stereocenters. The molecule has 2 aromatic heterocycles. The number of anilines is 1. The fraction of sp³-hybridized carbons (Fsp3) is 0.250. The van der Waals surface area contributed by atoms with Crippen LogP contribution in [0.25, 0.3) is 0 Å². The number of thiophene rings is 1. The topological polar surface area (TPSA) is 88.3 Å². The summed E-state index contributed by atoms with van der Waals surface area (Å²) < 4.78 is 4.67. The molecule has 2 aromatic rings. The number of esters is 1. The van der Waals surface area contributed by atoms with Crippen molar-refractivity contribution in [2.45, 2.75) is 13.8 Å². The highest BCUT2D eigenvalue weighted by Gasteiger charge is 2.20. The van der Waals surface area contributed by atoms with Crippen LogP contribution in [0.15, 0.2) is 10.9 Å². The van der Waals surface area contributed by atoms with Crippen LogP contribution in [0.5, 0.6) is 0 Å². The Morgan fingerprint density at radius 2 is 2.00 bits per heavy atom. The summed E-state index contributed by atoms with van der Waals surface area (Å²) in [7, 11) is 1.28. The molecule has 0 aliphatic rings. The highest BCUT2D eigenvalue weighted by Crippen LogP contribution is 2.29. The van der Waals surface area contributed by atoms with Crippen molar-refractivity contribution in [1.29, 1.82) is 0 Å². The summed E-state index contributed by atoms with van der Waals surface area (Å²) in [5, 5.41) is 3.06. The van der Waals surface area contributed by atoms with Gasteiger partial charge < -0.3 is 15.0 Å². The number of hydrogen-bond acceptors (Lipinski definition) is 6. The predicted octanol–water partition coefficient (Wildman–Crippen LogP) is 2.15. The Kier molecular flexibility index (Phi) is 4.05. The first kappa shape index (κ1) is 14.5. The van der Waals surface area contributed by atoms with E-state index < -0.39 is 11.9 Å². The minimum absolute atomic E-state index is 0.289. The number of carbonyl (C=O) groups excluding carboxylic acids is 2. The number of methoxy groups -OCH3 is 1. The second kappa shape index (κ2) is 5.59. The lowest BCUT2D eigenvalue weighted by molar-refractivity contribution is 0.0602. The molecule has 0 fully saturated rings. The van der Waals surface area contributed by atoms with Gasteiger partial charge in [0, 0.05) is 10.6 Å². The summed E-state index contributed by atoms with van der Waals surface area (Å²) in [5.41, 5.74) is 0.814. The zero-order chi connectivity index (χ0) is 14.9. The van der Waals surface area contributed by atoms with Gasteiger partial charge in [0.2, 0.25) is 0 Å². The van der Waals surface area contributed by atoms with E-state index >= 15 is 0 Å². The maximum absolute atomic E-state index is 12.1. The monoisotopic (exact) mass is 312 g/mol. The van der Waals surface area contributed by atoms with Crippen molar-refractivity contribution in [2.75, 3.05) is 12.4 Å². The molecule has 0 atom stereocenters. The third kappa shape index (κ3) is 2.81. The van der Waals surface area contributed by atoms with Crippen molar-refractivity contribution in [3.05, 3.63) is 36.7 Å². The minimum atomic E-state index is -0.511. The van der Waals surface area contributed by atoms with Crippen LogP contribution >= 0.6 is 22.7 Å². The Morgan fingerprint density at radius 1 is 1.30 bits per heavy atom. The number of amides is 1. The van der Waals surface area contributed by atoms with E-state index in [-0.39, 0.29) is 4.87 Å². The van der Waals surface area contributed by atoms with Crippen molar-refractivity contribution in [2.24, 2.45) is 0 Å². The summed E-state index contributed by atoms with van der Waals surface area (Å²) in [4.78, 5) is 38.4. The first-order valence-corrected chi connectivity index (χ1v) is 7.25. The zero-order valence-electron chi connectivity index (χ0n) is 11.0. The molecule has 20 heavy (non-hydrogen) atoms. The van der Waals surface area contributed by atoms with E-state index in [4.69, 9.17) is 0 Å². The molecule has 0 aromatic carbocycles. The van der Waals surface area contributed by atoms with Gasteiger partial charge in [0.05, 0.1) is 12.7 Å². The normalized spacial score (nSPS) is 10.3. The molecule has 0 bridgehead atoms. The van der Waals surface area contributed by atoms with Gasteiger partial charge in [-0.25, -0.2) is 4.79 Å². The molecule has 2 N–H and O–H groups in total. The van der Waals surface area contributed by atoms with Gasteiger partial charge in [-0.3, -0.25) is 9.59 Å². The molecular formula is C12H12N2O4S2. The number of aromatic amines is 1. The van der Waals surface area contributed by atoms with E-state index in [0.29, 0.717) is 21.1 Å². The Morgan fingerprint density at radius 3 is 2.55 bits per heavy atom. The van der Waals surface area contributed by atoms with Gasteiger partial charge in [-0.05, 0) is 19.9 Å². The second-order valence-electron chi connectivity index (χ2n) is 4.01. The van der Waals surface area contributed by atoms with Crippen LogP contribution in [0.4, 0.5) is 5.00 Å². The van der Waals surface area contributed by atoms with Crippen molar-refractivity contribution in [3.8, 4) is 0 Å². The summed E-state index contributed by atoms with van der Waals surface area (Å²) in [6.45, 7) is 3.47. The molecule has 0 spiro atoms. The van der Waals surface area contributed by atoms with Gasteiger partial charge >= 0.3 is 10.8 Å². The van der Waals surface area contributed by atoms with Crippen LogP contribution in [-0.2, 0) is 4.74 Å². The van der Waals surface area contributed by atoms with Gasteiger partial charge in [-0.1, -0.05) is 11.3 Å². The summed E-state index contributed by atoms with van der Waals surface area (Å²) in [6, 6.07) is 1.65. The second-order valence-corrected chi connectivity index (χ2v) is 6.25. The van der Waals surface area contributed by atoms with Crippen LogP contribution in [0.1, 0.15) is 30.6 Å². The molecule has 0 aliphatic heterocycles. The number of H-pyrrole nitrogens is 1. The average molecular weight is 312 g/mol. The van der Waals surface area contributed by atoms with Gasteiger partial charge in [0.25, 0.3) is 5.91 Å². The van der Waals surface area contributed by atoms with E-state index in [0.717, 1.165) is 16.2 Å². The zero-order valence-corrected chi connectivity index (χ0v) is 12.7. The van der Waals surface area contributed by atoms with Crippen LogP contribution in [0.2, 0.25) is 0 Å². The molecule has 2 heterocycles. The highest BCUT2D eigenvalue weighted by atomic mass is 32.1. The van der Waals surface area contributed by atoms with Crippen molar-refractivity contribution in [1.82, 2.24) is 4.98 Å². The lowest BCUT2D eigenvalue weighted by Gasteiger charge is -2.04. The molecule has 106 valence electrons. The van der Waals surface area contributed by atoms with E-state index in [2.05, 4.69) is 15.0 Å². The lowest BCUT2D eigenvalue weighted by Crippen LogP contribution is -2.13. The fourth-order valence-corrected chi connectivity index (χ4v) is 3.28. The number of aromatic nitrogens is 1. The molecule has 6 nitrogen and oxygen atoms in total. The average Bonchev–Trinajstić information content (AvgIpc) is 2.91. The van der Waals surface area contributed by atoms with Gasteiger partial charge in [-0.15, -0.1) is 11.3 Å². The molecular weight excluding hydrogens is 300 g/mol. The van der Waals surface area contributed by atoms with Crippen molar-refractivity contribution < 1.29 is 14.3 Å². The Bertz CT molecular complexity index is 726. The number of thiazole rings is 1. The number of rotatable bonds is 3. The largest absolute Gasteiger partial charge is 0.465 e. The first-order valence-electron chi connectivity index (χ1n) is 5.62. The maximum atomic E-state index is 12.1. The molecule has 1 amide bonds. The van der Waals surface area contributed by atoms with Crippen LogP contribution in [-0.4, -0.2) is 24.0 Å². The molecule has 0 radical (unpaired) electrons. The first-order chi connectivity index (χ1) is 9.42. The van der Waals surface area contributed by atoms with E-state index in [1.54, 1.807) is 13.0 Å². The van der Waals surface area contributed by atoms with E-state index in [1.807, 2.05) is 6.92 Å². The number of hydrogen-bond donors (Lipinski definition) is 2. The number of nitrogens with one attached hydrogen (secondary N) is 2. The maximum Gasteiger partial charge on any atom is 0.340 e. The third-order valence-electron chi connectivity index (χ3n) is 2.52. The fourth-order valence-electron chi connectivity index (χ4n) is 1.65. The quantitative estimate of drug-likeness (QED) is 0.850. The summed E-state index contributed by atoms with van der Waals surface area (Å²) in [6.07, 6.45) is 0. The summed E-state index contributed by atoms with van der Waals surface area (Å²) >= 11 is 2.11. The molecule has 2 rings (SSSR count). The SMILES string of the molecule is COC(=O)c1cc(C)sc1NC(=O)c1sc(=O)[nH]c1C. The van der Waals surface area contributed by atoms with E-state index in [9.17, 15) is 14.4 Å². The molecule has 0 aliphatic carbocycles. The lowest BCUT2D eigenvalue weighted by atomic mass is 10.3. The Hall–Kier alpha value is -1.93. The Labute approximate surface area is 122 Å². The van der Waals surface area contributed by atoms with E-state index in [1.165, 1.54) is 18.4 Å². The minimum Gasteiger partial charge on any atom is -0.465 e. The van der Waals surface area contributed by atoms with Crippen LogP contribution in [0, 0.1) is 13.8 Å². The van der Waals surface area contributed by atoms with Gasteiger partial charge in [-0.2, -0.15) is 0 Å². The smallest absolute Gasteiger partial charge is 0.340 e. The highest BCUT2D eigenvalue weighted by molar-refractivity contribution is 7.17. The van der Waals surface area contributed by atoms with Gasteiger partial charge in [0.1, 0.15) is 9.88 Å².